The van der Waals surface area contributed by atoms with Gasteiger partial charge in [0.25, 0.3) is 0 Å². The average molecular weight is 557 g/mol. The van der Waals surface area contributed by atoms with Gasteiger partial charge in [-0.1, -0.05) is 0 Å². The van der Waals surface area contributed by atoms with Gasteiger partial charge in [-0.15, -0.1) is 0 Å². The third kappa shape index (κ3) is 7.38. The molecule has 10 heteroatoms. The van der Waals surface area contributed by atoms with Crippen LogP contribution in [0.3, 0.4) is 0 Å². The SMILES string of the molecule is CC(C)(C)OC(=O)NC1CCN(c2nccc3ncccc23)CC1.NC1CCN(c2nccc3ncccc23)CC1. The van der Waals surface area contributed by atoms with Gasteiger partial charge in [0.15, 0.2) is 0 Å². The summed E-state index contributed by atoms with van der Waals surface area (Å²) in [6, 6.07) is 12.4. The first kappa shape index (κ1) is 28.5. The number of hydrogen-bond acceptors (Lipinski definition) is 9. The van der Waals surface area contributed by atoms with Crippen molar-refractivity contribution in [3.63, 3.8) is 0 Å². The molecular weight excluding hydrogens is 516 g/mol. The molecule has 2 aliphatic heterocycles. The minimum atomic E-state index is -0.468. The van der Waals surface area contributed by atoms with Crippen LogP contribution in [0.5, 0.6) is 0 Å². The maximum absolute atomic E-state index is 11.9. The molecule has 0 atom stereocenters. The Balaban J connectivity index is 0.000000174. The number of amides is 1. The number of hydrogen-bond donors (Lipinski definition) is 2. The molecule has 0 aliphatic carbocycles. The third-order valence-electron chi connectivity index (χ3n) is 7.37. The van der Waals surface area contributed by atoms with E-state index in [9.17, 15) is 4.79 Å². The summed E-state index contributed by atoms with van der Waals surface area (Å²) in [4.78, 5) is 34.2. The summed E-state index contributed by atoms with van der Waals surface area (Å²) in [7, 11) is 0. The molecule has 2 fully saturated rings. The number of pyridine rings is 4. The molecule has 3 N–H and O–H groups in total. The molecule has 2 saturated heterocycles. The summed E-state index contributed by atoms with van der Waals surface area (Å²) < 4.78 is 5.33. The van der Waals surface area contributed by atoms with Crippen molar-refractivity contribution in [3.8, 4) is 0 Å². The number of nitrogens with two attached hydrogens (primary N) is 1. The average Bonchev–Trinajstić information content (AvgIpc) is 2.97. The number of anilines is 2. The second-order valence-electron chi connectivity index (χ2n) is 11.6. The number of nitrogens with zero attached hydrogens (tertiary/aromatic N) is 6. The van der Waals surface area contributed by atoms with E-state index >= 15 is 0 Å². The zero-order valence-corrected chi connectivity index (χ0v) is 24.2. The highest BCUT2D eigenvalue weighted by Crippen LogP contribution is 2.26. The summed E-state index contributed by atoms with van der Waals surface area (Å²) >= 11 is 0. The Morgan fingerprint density at radius 3 is 1.76 bits per heavy atom. The van der Waals surface area contributed by atoms with Crippen molar-refractivity contribution in [2.75, 3.05) is 36.0 Å². The quantitative estimate of drug-likeness (QED) is 0.370. The van der Waals surface area contributed by atoms with Gasteiger partial charge in [0, 0.05) is 73.8 Å². The molecule has 0 unspecified atom stereocenters. The molecule has 0 bridgehead atoms. The van der Waals surface area contributed by atoms with Gasteiger partial charge < -0.3 is 25.6 Å². The molecule has 41 heavy (non-hydrogen) atoms. The molecule has 216 valence electrons. The van der Waals surface area contributed by atoms with Crippen molar-refractivity contribution in [1.82, 2.24) is 25.3 Å². The zero-order valence-electron chi connectivity index (χ0n) is 24.2. The van der Waals surface area contributed by atoms with Crippen LogP contribution in [0.25, 0.3) is 21.8 Å². The van der Waals surface area contributed by atoms with Crippen LogP contribution in [-0.2, 0) is 4.74 Å². The molecule has 1 amide bonds. The third-order valence-corrected chi connectivity index (χ3v) is 7.37. The normalized spacial score (nSPS) is 16.8. The van der Waals surface area contributed by atoms with Gasteiger partial charge >= 0.3 is 6.09 Å². The van der Waals surface area contributed by atoms with Gasteiger partial charge in [-0.3, -0.25) is 9.97 Å². The van der Waals surface area contributed by atoms with E-state index in [0.717, 1.165) is 85.3 Å². The lowest BCUT2D eigenvalue weighted by atomic mass is 10.0. The van der Waals surface area contributed by atoms with Gasteiger partial charge in [0.1, 0.15) is 17.2 Å². The number of ether oxygens (including phenoxy) is 1. The van der Waals surface area contributed by atoms with Crippen molar-refractivity contribution >= 4 is 39.5 Å². The molecule has 0 aromatic carbocycles. The lowest BCUT2D eigenvalue weighted by Gasteiger charge is -2.34. The van der Waals surface area contributed by atoms with Crippen molar-refractivity contribution in [2.24, 2.45) is 5.73 Å². The highest BCUT2D eigenvalue weighted by atomic mass is 16.6. The van der Waals surface area contributed by atoms with E-state index in [1.54, 1.807) is 12.4 Å². The Kier molecular flexibility index (Phi) is 8.78. The molecule has 0 radical (unpaired) electrons. The van der Waals surface area contributed by atoms with Crippen LogP contribution in [0, 0.1) is 0 Å². The first-order valence-electron chi connectivity index (χ1n) is 14.4. The second-order valence-corrected chi connectivity index (χ2v) is 11.6. The number of aromatic nitrogens is 4. The maximum atomic E-state index is 11.9. The van der Waals surface area contributed by atoms with Crippen LogP contribution in [0.15, 0.2) is 61.2 Å². The Morgan fingerprint density at radius 2 is 1.27 bits per heavy atom. The monoisotopic (exact) mass is 556 g/mol. The summed E-state index contributed by atoms with van der Waals surface area (Å²) in [5, 5.41) is 5.16. The van der Waals surface area contributed by atoms with Crippen molar-refractivity contribution in [3.05, 3.63) is 61.2 Å². The number of piperidine rings is 2. The number of nitrogens with one attached hydrogen (secondary N) is 1. The minimum absolute atomic E-state index is 0.143. The van der Waals surface area contributed by atoms with Crippen molar-refractivity contribution in [2.45, 2.75) is 64.1 Å². The number of carbonyl (C=O) groups excluding carboxylic acids is 1. The number of alkyl carbamates (subject to hydrolysis) is 1. The van der Waals surface area contributed by atoms with Gasteiger partial charge in [-0.2, -0.15) is 0 Å². The highest BCUT2D eigenvalue weighted by Gasteiger charge is 2.25. The van der Waals surface area contributed by atoms with Crippen LogP contribution in [0.4, 0.5) is 16.4 Å². The molecule has 10 nitrogen and oxygen atoms in total. The topological polar surface area (TPSA) is 122 Å². The van der Waals surface area contributed by atoms with Crippen LogP contribution < -0.4 is 20.9 Å². The lowest BCUT2D eigenvalue weighted by molar-refractivity contribution is 0.0497. The van der Waals surface area contributed by atoms with E-state index in [1.165, 1.54) is 0 Å². The fourth-order valence-corrected chi connectivity index (χ4v) is 5.30. The fraction of sp³-hybridized carbons (Fsp3) is 0.452. The lowest BCUT2D eigenvalue weighted by Crippen LogP contribution is -2.46. The molecule has 6 rings (SSSR count). The summed E-state index contributed by atoms with van der Waals surface area (Å²) in [5.74, 6) is 2.01. The van der Waals surface area contributed by atoms with Crippen LogP contribution in [0.2, 0.25) is 0 Å². The van der Waals surface area contributed by atoms with E-state index in [0.29, 0.717) is 6.04 Å². The van der Waals surface area contributed by atoms with Crippen molar-refractivity contribution < 1.29 is 9.53 Å². The number of carbonyl (C=O) groups is 1. The van der Waals surface area contributed by atoms with E-state index in [4.69, 9.17) is 10.5 Å². The van der Waals surface area contributed by atoms with Gasteiger partial charge in [-0.25, -0.2) is 14.8 Å². The number of fused-ring (bicyclic) bond motifs is 2. The van der Waals surface area contributed by atoms with Gasteiger partial charge in [0.05, 0.1) is 11.0 Å². The first-order chi connectivity index (χ1) is 19.8. The van der Waals surface area contributed by atoms with Crippen molar-refractivity contribution in [1.29, 1.82) is 0 Å². The zero-order chi connectivity index (χ0) is 28.8. The summed E-state index contributed by atoms with van der Waals surface area (Å²) in [6.45, 7) is 9.29. The highest BCUT2D eigenvalue weighted by molar-refractivity contribution is 5.90. The molecule has 2 aliphatic rings. The summed E-state index contributed by atoms with van der Waals surface area (Å²) in [5.41, 5.74) is 7.42. The van der Waals surface area contributed by atoms with E-state index in [1.807, 2.05) is 57.4 Å². The summed E-state index contributed by atoms with van der Waals surface area (Å²) in [6.07, 6.45) is 10.7. The Morgan fingerprint density at radius 1 is 0.780 bits per heavy atom. The predicted octanol–water partition coefficient (Wildman–Crippen LogP) is 4.68. The van der Waals surface area contributed by atoms with Crippen LogP contribution in [0.1, 0.15) is 46.5 Å². The maximum Gasteiger partial charge on any atom is 0.407 e. The Bertz CT molecular complexity index is 1450. The molecule has 6 heterocycles. The van der Waals surface area contributed by atoms with E-state index < -0.39 is 5.60 Å². The standard InChI is InChI=1S/C18H24N4O2.C13H16N4/c1-18(2,3)24-17(23)21-13-7-11-22(12-8-13)16-14-5-4-9-19-15(14)6-10-20-16;14-10-4-8-17(9-5-10)13-11-2-1-6-15-12(11)3-7-16-13/h4-6,9-10,13H,7-8,11-12H2,1-3H3,(H,21,23);1-3,6-7,10H,4-5,8-9,14H2. The number of rotatable bonds is 3. The Labute approximate surface area is 241 Å². The smallest absolute Gasteiger partial charge is 0.407 e. The predicted molar refractivity (Wildman–Crippen MR) is 163 cm³/mol. The van der Waals surface area contributed by atoms with E-state index in [2.05, 4.69) is 47.2 Å². The van der Waals surface area contributed by atoms with Gasteiger partial charge in [0.2, 0.25) is 0 Å². The molecule has 4 aromatic heterocycles. The minimum Gasteiger partial charge on any atom is -0.444 e. The Hall–Kier alpha value is -4.05. The molecule has 4 aromatic rings. The van der Waals surface area contributed by atoms with Gasteiger partial charge in [-0.05, 0) is 82.9 Å². The molecule has 0 spiro atoms. The largest absolute Gasteiger partial charge is 0.444 e. The van der Waals surface area contributed by atoms with Crippen LogP contribution >= 0.6 is 0 Å². The van der Waals surface area contributed by atoms with Crippen LogP contribution in [-0.4, -0.2) is 69.9 Å². The second kappa shape index (κ2) is 12.6. The van der Waals surface area contributed by atoms with E-state index in [-0.39, 0.29) is 12.1 Å². The fourth-order valence-electron chi connectivity index (χ4n) is 5.30. The first-order valence-corrected chi connectivity index (χ1v) is 14.4. The molecule has 0 saturated carbocycles. The molecular formula is C31H40N8O2.